The molecule has 0 unspecified atom stereocenters. The van der Waals surface area contributed by atoms with Gasteiger partial charge in [-0.05, 0) is 72.9 Å². The van der Waals surface area contributed by atoms with Gasteiger partial charge in [0.15, 0.2) is 0 Å². The minimum absolute atomic E-state index is 0.436. The van der Waals surface area contributed by atoms with Crippen molar-refractivity contribution in [3.05, 3.63) is 58.1 Å². The van der Waals surface area contributed by atoms with E-state index in [1.807, 2.05) is 24.3 Å². The molecule has 0 heterocycles. The van der Waals surface area contributed by atoms with Crippen molar-refractivity contribution >= 4 is 23.4 Å². The summed E-state index contributed by atoms with van der Waals surface area (Å²) in [5.41, 5.74) is 4.49. The maximum atomic E-state index is 12.3. The summed E-state index contributed by atoms with van der Waals surface area (Å²) >= 11 is 6.44. The molecule has 0 saturated heterocycles. The molecule has 118 valence electrons. The molecule has 2 aliphatic rings. The summed E-state index contributed by atoms with van der Waals surface area (Å²) in [4.78, 5) is 12.3. The predicted octanol–water partition coefficient (Wildman–Crippen LogP) is 5.32. The first-order chi connectivity index (χ1) is 11.2. The molecule has 2 aromatic carbocycles. The SMILES string of the molecule is O=C(Nc1c(C2CC2)cc(Cl)c2c1CCC2)Oc1ccccc1. The van der Waals surface area contributed by atoms with Crippen LogP contribution in [0.1, 0.15) is 41.9 Å². The van der Waals surface area contributed by atoms with E-state index in [9.17, 15) is 4.79 Å². The van der Waals surface area contributed by atoms with Gasteiger partial charge < -0.3 is 4.74 Å². The number of hydrogen-bond acceptors (Lipinski definition) is 2. The van der Waals surface area contributed by atoms with Gasteiger partial charge in [0.2, 0.25) is 0 Å². The smallest absolute Gasteiger partial charge is 0.410 e. The highest BCUT2D eigenvalue weighted by Gasteiger charge is 2.31. The summed E-state index contributed by atoms with van der Waals surface area (Å²) in [7, 11) is 0. The molecule has 1 fully saturated rings. The maximum absolute atomic E-state index is 12.3. The largest absolute Gasteiger partial charge is 0.417 e. The second-order valence-corrected chi connectivity index (χ2v) is 6.64. The lowest BCUT2D eigenvalue weighted by molar-refractivity contribution is 0.215. The van der Waals surface area contributed by atoms with Crippen LogP contribution in [0.3, 0.4) is 0 Å². The fraction of sp³-hybridized carbons (Fsp3) is 0.316. The Balaban J connectivity index is 1.63. The van der Waals surface area contributed by atoms with E-state index in [2.05, 4.69) is 5.32 Å². The predicted molar refractivity (Wildman–Crippen MR) is 91.5 cm³/mol. The fourth-order valence-corrected chi connectivity index (χ4v) is 3.67. The Hall–Kier alpha value is -2.00. The van der Waals surface area contributed by atoms with Crippen molar-refractivity contribution in [1.82, 2.24) is 0 Å². The number of para-hydroxylation sites is 1. The van der Waals surface area contributed by atoms with Gasteiger partial charge >= 0.3 is 6.09 Å². The standard InChI is InChI=1S/C19H18ClNO2/c20-17-11-16(12-9-10-12)18(15-8-4-7-14(15)17)21-19(22)23-13-5-2-1-3-6-13/h1-3,5-6,11-12H,4,7-10H2,(H,21,22). The molecule has 2 aromatic rings. The highest BCUT2D eigenvalue weighted by atomic mass is 35.5. The third kappa shape index (κ3) is 2.93. The number of nitrogens with one attached hydrogen (secondary N) is 1. The highest BCUT2D eigenvalue weighted by Crippen LogP contribution is 2.48. The second-order valence-electron chi connectivity index (χ2n) is 6.24. The Morgan fingerprint density at radius 2 is 1.87 bits per heavy atom. The Morgan fingerprint density at radius 1 is 1.13 bits per heavy atom. The molecule has 2 aliphatic carbocycles. The minimum atomic E-state index is -0.436. The molecule has 0 atom stereocenters. The fourth-order valence-electron chi connectivity index (χ4n) is 3.34. The van der Waals surface area contributed by atoms with Crippen molar-refractivity contribution in [1.29, 1.82) is 0 Å². The number of ether oxygens (including phenoxy) is 1. The van der Waals surface area contributed by atoms with Crippen LogP contribution in [0, 0.1) is 0 Å². The van der Waals surface area contributed by atoms with Crippen molar-refractivity contribution in [3.8, 4) is 5.75 Å². The van der Waals surface area contributed by atoms with Crippen LogP contribution < -0.4 is 10.1 Å². The molecule has 4 rings (SSSR count). The molecule has 0 radical (unpaired) electrons. The number of amides is 1. The lowest BCUT2D eigenvalue weighted by Crippen LogP contribution is -2.19. The average molecular weight is 328 g/mol. The van der Waals surface area contributed by atoms with E-state index in [1.165, 1.54) is 16.7 Å². The van der Waals surface area contributed by atoms with E-state index in [-0.39, 0.29) is 0 Å². The maximum Gasteiger partial charge on any atom is 0.417 e. The van der Waals surface area contributed by atoms with E-state index < -0.39 is 6.09 Å². The van der Waals surface area contributed by atoms with Crippen LogP contribution in [0.25, 0.3) is 0 Å². The second kappa shape index (κ2) is 5.89. The summed E-state index contributed by atoms with van der Waals surface area (Å²) < 4.78 is 5.38. The van der Waals surface area contributed by atoms with Crippen molar-refractivity contribution in [2.45, 2.75) is 38.0 Å². The first kappa shape index (κ1) is 14.6. The van der Waals surface area contributed by atoms with Crippen LogP contribution in [-0.2, 0) is 12.8 Å². The first-order valence-electron chi connectivity index (χ1n) is 8.10. The summed E-state index contributed by atoms with van der Waals surface area (Å²) in [5, 5.41) is 3.84. The molecular formula is C19H18ClNO2. The number of benzene rings is 2. The van der Waals surface area contributed by atoms with Crippen LogP contribution in [0.2, 0.25) is 5.02 Å². The van der Waals surface area contributed by atoms with Crippen molar-refractivity contribution in [3.63, 3.8) is 0 Å². The molecule has 0 aromatic heterocycles. The van der Waals surface area contributed by atoms with Gasteiger partial charge in [-0.1, -0.05) is 29.8 Å². The third-order valence-corrected chi connectivity index (χ3v) is 4.91. The van der Waals surface area contributed by atoms with Gasteiger partial charge in [0, 0.05) is 5.02 Å². The molecule has 3 nitrogen and oxygen atoms in total. The molecule has 1 amide bonds. The van der Waals surface area contributed by atoms with Gasteiger partial charge in [0.1, 0.15) is 5.75 Å². The topological polar surface area (TPSA) is 38.3 Å². The molecule has 23 heavy (non-hydrogen) atoms. The minimum Gasteiger partial charge on any atom is -0.410 e. The monoisotopic (exact) mass is 327 g/mol. The highest BCUT2D eigenvalue weighted by molar-refractivity contribution is 6.31. The zero-order chi connectivity index (χ0) is 15.8. The molecule has 1 saturated carbocycles. The first-order valence-corrected chi connectivity index (χ1v) is 8.48. The zero-order valence-electron chi connectivity index (χ0n) is 12.8. The van der Waals surface area contributed by atoms with Crippen LogP contribution >= 0.6 is 11.6 Å². The van der Waals surface area contributed by atoms with Gasteiger partial charge in [0.05, 0.1) is 5.69 Å². The number of carbonyl (C=O) groups excluding carboxylic acids is 1. The van der Waals surface area contributed by atoms with Crippen molar-refractivity contribution in [2.24, 2.45) is 0 Å². The van der Waals surface area contributed by atoms with Gasteiger partial charge in [-0.25, -0.2) is 4.79 Å². The number of carbonyl (C=O) groups is 1. The van der Waals surface area contributed by atoms with Crippen LogP contribution in [0.4, 0.5) is 10.5 Å². The molecule has 1 N–H and O–H groups in total. The molecule has 0 aliphatic heterocycles. The summed E-state index contributed by atoms with van der Waals surface area (Å²) in [5.74, 6) is 1.06. The summed E-state index contributed by atoms with van der Waals surface area (Å²) in [6.45, 7) is 0. The third-order valence-electron chi connectivity index (χ3n) is 4.58. The number of anilines is 1. The van der Waals surface area contributed by atoms with Gasteiger partial charge in [-0.3, -0.25) is 5.32 Å². The molecule has 0 bridgehead atoms. The van der Waals surface area contributed by atoms with Crippen LogP contribution in [0.15, 0.2) is 36.4 Å². The summed E-state index contributed by atoms with van der Waals surface area (Å²) in [6, 6.07) is 11.2. The number of rotatable bonds is 3. The normalized spacial score (nSPS) is 16.0. The van der Waals surface area contributed by atoms with E-state index in [0.717, 1.165) is 42.8 Å². The van der Waals surface area contributed by atoms with Gasteiger partial charge in [-0.15, -0.1) is 0 Å². The molecule has 4 heteroatoms. The van der Waals surface area contributed by atoms with E-state index in [4.69, 9.17) is 16.3 Å². The lowest BCUT2D eigenvalue weighted by atomic mass is 9.99. The molecule has 0 spiro atoms. The van der Waals surface area contributed by atoms with Crippen LogP contribution in [-0.4, -0.2) is 6.09 Å². The summed E-state index contributed by atoms with van der Waals surface area (Å²) in [6.07, 6.45) is 4.94. The average Bonchev–Trinajstić information content (AvgIpc) is 3.26. The number of hydrogen-bond donors (Lipinski definition) is 1. The Labute approximate surface area is 140 Å². The Kier molecular flexibility index (Phi) is 3.74. The van der Waals surface area contributed by atoms with E-state index in [1.54, 1.807) is 12.1 Å². The van der Waals surface area contributed by atoms with Crippen molar-refractivity contribution < 1.29 is 9.53 Å². The van der Waals surface area contributed by atoms with Gasteiger partial charge in [-0.2, -0.15) is 0 Å². The lowest BCUT2D eigenvalue weighted by Gasteiger charge is -2.17. The Morgan fingerprint density at radius 3 is 2.61 bits per heavy atom. The van der Waals surface area contributed by atoms with Crippen molar-refractivity contribution in [2.75, 3.05) is 5.32 Å². The van der Waals surface area contributed by atoms with E-state index in [0.29, 0.717) is 11.7 Å². The quantitative estimate of drug-likeness (QED) is 0.828. The van der Waals surface area contributed by atoms with Crippen LogP contribution in [0.5, 0.6) is 5.75 Å². The zero-order valence-corrected chi connectivity index (χ0v) is 13.5. The Bertz CT molecular complexity index is 754. The number of fused-ring (bicyclic) bond motifs is 1. The van der Waals surface area contributed by atoms with Gasteiger partial charge in [0.25, 0.3) is 0 Å². The number of halogens is 1. The molecular weight excluding hydrogens is 310 g/mol. The van der Waals surface area contributed by atoms with E-state index >= 15 is 0 Å².